The second kappa shape index (κ2) is 4.77. The molecule has 1 aliphatic carbocycles. The molecular weight excluding hydrogens is 270 g/mol. The third-order valence-corrected chi connectivity index (χ3v) is 4.20. The molecule has 6 heteroatoms. The van der Waals surface area contributed by atoms with Crippen LogP contribution in [0.15, 0.2) is 18.2 Å². The Morgan fingerprint density at radius 2 is 2.24 bits per heavy atom. The fourth-order valence-corrected chi connectivity index (χ4v) is 2.63. The first-order valence-electron chi connectivity index (χ1n) is 6.82. The van der Waals surface area contributed by atoms with E-state index in [2.05, 4.69) is 11.4 Å². The Hall–Kier alpha value is -2.55. The Labute approximate surface area is 122 Å². The lowest BCUT2D eigenvalue weighted by Gasteiger charge is -2.43. The number of nitriles is 1. The molecule has 21 heavy (non-hydrogen) atoms. The maximum atomic E-state index is 12.5. The van der Waals surface area contributed by atoms with Crippen LogP contribution in [0.2, 0.25) is 0 Å². The Balaban J connectivity index is 1.86. The van der Waals surface area contributed by atoms with Crippen molar-refractivity contribution in [1.29, 1.82) is 5.26 Å². The first-order chi connectivity index (χ1) is 10.1. The summed E-state index contributed by atoms with van der Waals surface area (Å²) in [6, 6.07) is 7.14. The van der Waals surface area contributed by atoms with Crippen LogP contribution in [0, 0.1) is 11.3 Å². The highest BCUT2D eigenvalue weighted by Crippen LogP contribution is 2.37. The third-order valence-electron chi connectivity index (χ3n) is 4.20. The molecule has 6 nitrogen and oxygen atoms in total. The van der Waals surface area contributed by atoms with Crippen molar-refractivity contribution in [2.24, 2.45) is 0 Å². The zero-order valence-corrected chi connectivity index (χ0v) is 11.7. The Bertz CT molecular complexity index is 659. The Morgan fingerprint density at radius 1 is 1.48 bits per heavy atom. The highest BCUT2D eigenvalue weighted by Gasteiger charge is 2.43. The van der Waals surface area contributed by atoms with Gasteiger partial charge in [-0.2, -0.15) is 5.26 Å². The summed E-state index contributed by atoms with van der Waals surface area (Å²) < 4.78 is 5.31. The van der Waals surface area contributed by atoms with E-state index in [1.54, 1.807) is 25.2 Å². The van der Waals surface area contributed by atoms with Crippen molar-refractivity contribution in [1.82, 2.24) is 4.90 Å². The number of amides is 2. The van der Waals surface area contributed by atoms with E-state index < -0.39 is 5.54 Å². The number of nitrogens with one attached hydrogen (secondary N) is 1. The molecule has 0 radical (unpaired) electrons. The molecule has 108 valence electrons. The fourth-order valence-electron chi connectivity index (χ4n) is 2.63. The minimum atomic E-state index is -0.679. The predicted molar refractivity (Wildman–Crippen MR) is 74.9 cm³/mol. The molecule has 1 N–H and O–H groups in total. The van der Waals surface area contributed by atoms with Crippen LogP contribution in [0.3, 0.4) is 0 Å². The van der Waals surface area contributed by atoms with E-state index in [1.807, 2.05) is 0 Å². The van der Waals surface area contributed by atoms with Crippen LogP contribution in [-0.2, 0) is 4.79 Å². The minimum absolute atomic E-state index is 0.0530. The number of rotatable bonds is 2. The van der Waals surface area contributed by atoms with Gasteiger partial charge in [0.15, 0.2) is 6.61 Å². The van der Waals surface area contributed by atoms with E-state index in [0.717, 1.165) is 6.42 Å². The predicted octanol–water partition coefficient (Wildman–Crippen LogP) is 1.54. The average molecular weight is 285 g/mol. The molecule has 0 atom stereocenters. The molecule has 0 spiro atoms. The van der Waals surface area contributed by atoms with E-state index in [4.69, 9.17) is 4.74 Å². The number of fused-ring (bicyclic) bond motifs is 1. The van der Waals surface area contributed by atoms with Crippen molar-refractivity contribution in [2.75, 3.05) is 19.0 Å². The lowest BCUT2D eigenvalue weighted by Crippen LogP contribution is -2.53. The van der Waals surface area contributed by atoms with Crippen molar-refractivity contribution >= 4 is 17.5 Å². The summed E-state index contributed by atoms with van der Waals surface area (Å²) in [6.45, 7) is -0.0530. The number of carbonyl (C=O) groups is 2. The van der Waals surface area contributed by atoms with Gasteiger partial charge in [0, 0.05) is 12.6 Å². The number of hydrogen-bond donors (Lipinski definition) is 1. The molecule has 1 fully saturated rings. The molecular formula is C15H15N3O3. The number of benzene rings is 1. The van der Waals surface area contributed by atoms with Gasteiger partial charge in [-0.15, -0.1) is 0 Å². The normalized spacial score (nSPS) is 18.4. The fraction of sp³-hybridized carbons (Fsp3) is 0.400. The van der Waals surface area contributed by atoms with Crippen LogP contribution in [0.5, 0.6) is 5.75 Å². The summed E-state index contributed by atoms with van der Waals surface area (Å²) in [5.74, 6) is 0.0598. The second-order valence-corrected chi connectivity index (χ2v) is 5.41. The zero-order chi connectivity index (χ0) is 15.0. The standard InChI is InChI=1S/C15H15N3O3/c1-18(15(9-16)5-2-6-15)14(20)10-3-4-11-12(7-10)21-8-13(19)17-11/h3-4,7H,2,5-6,8H2,1H3,(H,17,19). The summed E-state index contributed by atoms with van der Waals surface area (Å²) in [5.41, 5.74) is 0.334. The van der Waals surface area contributed by atoms with Gasteiger partial charge in [0.25, 0.3) is 11.8 Å². The molecule has 2 amide bonds. The molecule has 0 aromatic heterocycles. The summed E-state index contributed by atoms with van der Waals surface area (Å²) in [6.07, 6.45) is 2.39. The maximum Gasteiger partial charge on any atom is 0.262 e. The smallest absolute Gasteiger partial charge is 0.262 e. The van der Waals surface area contributed by atoms with Crippen molar-refractivity contribution in [3.63, 3.8) is 0 Å². The molecule has 0 unspecified atom stereocenters. The Morgan fingerprint density at radius 3 is 2.86 bits per heavy atom. The molecule has 3 rings (SSSR count). The van der Waals surface area contributed by atoms with Gasteiger partial charge in [-0.25, -0.2) is 0 Å². The summed E-state index contributed by atoms with van der Waals surface area (Å²) >= 11 is 0. The first kappa shape index (κ1) is 13.4. The molecule has 0 bridgehead atoms. The van der Waals surface area contributed by atoms with Gasteiger partial charge in [-0.05, 0) is 37.5 Å². The van der Waals surface area contributed by atoms with Gasteiger partial charge >= 0.3 is 0 Å². The zero-order valence-electron chi connectivity index (χ0n) is 11.7. The highest BCUT2D eigenvalue weighted by molar-refractivity contribution is 5.99. The van der Waals surface area contributed by atoms with Crippen LogP contribution >= 0.6 is 0 Å². The van der Waals surface area contributed by atoms with Crippen molar-refractivity contribution in [3.05, 3.63) is 23.8 Å². The molecule has 1 aromatic rings. The largest absolute Gasteiger partial charge is 0.482 e. The SMILES string of the molecule is CN(C(=O)c1ccc2c(c1)OCC(=O)N2)C1(C#N)CCC1. The molecule has 1 aromatic carbocycles. The quantitative estimate of drug-likeness (QED) is 0.893. The number of carbonyl (C=O) groups excluding carboxylic acids is 2. The van der Waals surface area contributed by atoms with E-state index >= 15 is 0 Å². The van der Waals surface area contributed by atoms with Gasteiger partial charge in [-0.1, -0.05) is 0 Å². The molecule has 0 saturated heterocycles. The molecule has 1 heterocycles. The number of anilines is 1. The lowest BCUT2D eigenvalue weighted by molar-refractivity contribution is -0.118. The molecule has 1 saturated carbocycles. The number of nitrogens with zero attached hydrogens (tertiary/aromatic N) is 2. The van der Waals surface area contributed by atoms with Crippen molar-refractivity contribution in [2.45, 2.75) is 24.8 Å². The first-order valence-corrected chi connectivity index (χ1v) is 6.82. The summed E-state index contributed by atoms with van der Waals surface area (Å²) in [4.78, 5) is 25.3. The van der Waals surface area contributed by atoms with E-state index in [1.165, 1.54) is 4.90 Å². The summed E-state index contributed by atoms with van der Waals surface area (Å²) in [5, 5.41) is 12.0. The van der Waals surface area contributed by atoms with E-state index in [9.17, 15) is 14.9 Å². The Kier molecular flexibility index (Phi) is 3.05. The maximum absolute atomic E-state index is 12.5. The van der Waals surface area contributed by atoms with Gasteiger partial charge in [0.05, 0.1) is 11.8 Å². The number of ether oxygens (including phenoxy) is 1. The van der Waals surface area contributed by atoms with Crippen LogP contribution in [-0.4, -0.2) is 35.9 Å². The minimum Gasteiger partial charge on any atom is -0.482 e. The van der Waals surface area contributed by atoms with Crippen LogP contribution < -0.4 is 10.1 Å². The monoisotopic (exact) mass is 285 g/mol. The van der Waals surface area contributed by atoms with Gasteiger partial charge < -0.3 is 15.0 Å². The molecule has 1 aliphatic heterocycles. The lowest BCUT2D eigenvalue weighted by atomic mass is 9.76. The van der Waals surface area contributed by atoms with Crippen molar-refractivity contribution in [3.8, 4) is 11.8 Å². The van der Waals surface area contributed by atoms with Crippen LogP contribution in [0.1, 0.15) is 29.6 Å². The highest BCUT2D eigenvalue weighted by atomic mass is 16.5. The summed E-state index contributed by atoms with van der Waals surface area (Å²) in [7, 11) is 1.66. The van der Waals surface area contributed by atoms with E-state index in [-0.39, 0.29) is 18.4 Å². The van der Waals surface area contributed by atoms with Gasteiger partial charge in [0.1, 0.15) is 11.3 Å². The van der Waals surface area contributed by atoms with Crippen LogP contribution in [0.4, 0.5) is 5.69 Å². The van der Waals surface area contributed by atoms with Gasteiger partial charge in [-0.3, -0.25) is 9.59 Å². The average Bonchev–Trinajstić information content (AvgIpc) is 2.45. The topological polar surface area (TPSA) is 82.4 Å². The number of hydrogen-bond acceptors (Lipinski definition) is 4. The van der Waals surface area contributed by atoms with Gasteiger partial charge in [0.2, 0.25) is 0 Å². The van der Waals surface area contributed by atoms with Crippen molar-refractivity contribution < 1.29 is 14.3 Å². The molecule has 2 aliphatic rings. The third kappa shape index (κ3) is 2.11. The van der Waals surface area contributed by atoms with Crippen LogP contribution in [0.25, 0.3) is 0 Å². The van der Waals surface area contributed by atoms with E-state index in [0.29, 0.717) is 29.8 Å². The second-order valence-electron chi connectivity index (χ2n) is 5.41.